The van der Waals surface area contributed by atoms with Crippen LogP contribution in [0.3, 0.4) is 0 Å². The summed E-state index contributed by atoms with van der Waals surface area (Å²) in [6, 6.07) is 0. The van der Waals surface area contributed by atoms with Crippen LogP contribution in [-0.4, -0.2) is 20.7 Å². The van der Waals surface area contributed by atoms with Gasteiger partial charge in [0.25, 0.3) is 0 Å². The molecule has 2 rings (SSSR count). The van der Waals surface area contributed by atoms with Gasteiger partial charge in [-0.15, -0.1) is 0 Å². The topological polar surface area (TPSA) is 67.6 Å². The molecule has 12 heavy (non-hydrogen) atoms. The Morgan fingerprint density at radius 2 is 2.25 bits per heavy atom. The van der Waals surface area contributed by atoms with E-state index < -0.39 is 0 Å². The first-order valence-corrected chi connectivity index (χ1v) is 4.21. The summed E-state index contributed by atoms with van der Waals surface area (Å²) >= 11 is 0. The largest absolute Gasteiger partial charge is 0.324 e. The summed E-state index contributed by atoms with van der Waals surface area (Å²) in [7, 11) is 0. The Labute approximate surface area is 71.6 Å². The van der Waals surface area contributed by atoms with Crippen molar-refractivity contribution in [3.63, 3.8) is 0 Å². The summed E-state index contributed by atoms with van der Waals surface area (Å²) in [4.78, 5) is 4.15. The first-order chi connectivity index (χ1) is 5.56. The van der Waals surface area contributed by atoms with Crippen LogP contribution in [0.15, 0.2) is 6.33 Å². The second-order valence-corrected chi connectivity index (χ2v) is 4.12. The molecular formula is C8H14N4. The van der Waals surface area contributed by atoms with Gasteiger partial charge in [-0.1, -0.05) is 13.8 Å². The number of hydrogen-bond donors (Lipinski definition) is 2. The van der Waals surface area contributed by atoms with Crippen molar-refractivity contribution in [1.29, 1.82) is 0 Å². The zero-order valence-corrected chi connectivity index (χ0v) is 7.46. The Bertz CT molecular complexity index is 271. The fraction of sp³-hybridized carbons (Fsp3) is 0.750. The highest BCUT2D eigenvalue weighted by atomic mass is 15.2. The van der Waals surface area contributed by atoms with E-state index in [1.807, 2.05) is 0 Å². The fourth-order valence-corrected chi connectivity index (χ4v) is 1.50. The lowest BCUT2D eigenvalue weighted by Crippen LogP contribution is -2.44. The van der Waals surface area contributed by atoms with Gasteiger partial charge in [0, 0.05) is 11.0 Å². The third kappa shape index (κ3) is 0.876. The first-order valence-electron chi connectivity index (χ1n) is 4.21. The number of aromatic amines is 1. The minimum atomic E-state index is -0.0799. The van der Waals surface area contributed by atoms with Gasteiger partial charge in [0.15, 0.2) is 0 Å². The smallest absolute Gasteiger partial charge is 0.137 e. The van der Waals surface area contributed by atoms with Crippen molar-refractivity contribution in [3.05, 3.63) is 12.2 Å². The van der Waals surface area contributed by atoms with Crippen molar-refractivity contribution in [3.8, 4) is 0 Å². The monoisotopic (exact) mass is 166 g/mol. The number of rotatable bonds is 2. The normalized spacial score (nSPS) is 20.9. The van der Waals surface area contributed by atoms with Crippen LogP contribution in [0.1, 0.15) is 32.5 Å². The summed E-state index contributed by atoms with van der Waals surface area (Å²) < 4.78 is 0. The Hall–Kier alpha value is -0.900. The Morgan fingerprint density at radius 1 is 1.58 bits per heavy atom. The lowest BCUT2D eigenvalue weighted by atomic mass is 9.82. The number of nitrogens with two attached hydrogens (primary N) is 1. The van der Waals surface area contributed by atoms with E-state index in [2.05, 4.69) is 29.0 Å². The van der Waals surface area contributed by atoms with Crippen LogP contribution in [0.5, 0.6) is 0 Å². The highest BCUT2D eigenvalue weighted by Crippen LogP contribution is 2.47. The maximum atomic E-state index is 6.13. The van der Waals surface area contributed by atoms with E-state index in [1.54, 1.807) is 0 Å². The second-order valence-electron chi connectivity index (χ2n) is 4.12. The molecule has 3 N–H and O–H groups in total. The summed E-state index contributed by atoms with van der Waals surface area (Å²) in [5.41, 5.74) is 5.98. The van der Waals surface area contributed by atoms with Crippen LogP contribution < -0.4 is 5.73 Å². The summed E-state index contributed by atoms with van der Waals surface area (Å²) in [6.45, 7) is 4.22. The van der Waals surface area contributed by atoms with Gasteiger partial charge < -0.3 is 5.73 Å². The molecule has 0 radical (unpaired) electrons. The number of nitrogens with one attached hydrogen (secondary N) is 1. The molecule has 1 heterocycles. The van der Waals surface area contributed by atoms with Crippen LogP contribution in [0.2, 0.25) is 0 Å². The second kappa shape index (κ2) is 2.07. The van der Waals surface area contributed by atoms with Crippen molar-refractivity contribution in [2.24, 2.45) is 5.73 Å². The fourth-order valence-electron chi connectivity index (χ4n) is 1.50. The molecule has 1 aromatic rings. The number of nitrogens with zero attached hydrogens (tertiary/aromatic N) is 2. The van der Waals surface area contributed by atoms with Gasteiger partial charge in [-0.05, 0) is 12.8 Å². The number of aromatic nitrogens is 3. The van der Waals surface area contributed by atoms with Gasteiger partial charge in [-0.2, -0.15) is 5.10 Å². The highest BCUT2D eigenvalue weighted by molar-refractivity contribution is 5.21. The van der Waals surface area contributed by atoms with Gasteiger partial charge in [-0.25, -0.2) is 4.98 Å². The van der Waals surface area contributed by atoms with Crippen molar-refractivity contribution >= 4 is 0 Å². The minimum Gasteiger partial charge on any atom is -0.324 e. The van der Waals surface area contributed by atoms with Gasteiger partial charge in [0.1, 0.15) is 12.2 Å². The predicted molar refractivity (Wildman–Crippen MR) is 45.6 cm³/mol. The average Bonchev–Trinajstić information content (AvgIpc) is 2.59. The molecule has 1 fully saturated rings. The van der Waals surface area contributed by atoms with Crippen LogP contribution >= 0.6 is 0 Å². The highest BCUT2D eigenvalue weighted by Gasteiger charge is 2.53. The van der Waals surface area contributed by atoms with E-state index in [0.717, 1.165) is 18.7 Å². The maximum Gasteiger partial charge on any atom is 0.137 e. The van der Waals surface area contributed by atoms with Crippen molar-refractivity contribution in [2.75, 3.05) is 0 Å². The van der Waals surface area contributed by atoms with Crippen LogP contribution in [0, 0.1) is 0 Å². The molecule has 4 nitrogen and oxygen atoms in total. The summed E-state index contributed by atoms with van der Waals surface area (Å²) in [6.07, 6.45) is 3.70. The van der Waals surface area contributed by atoms with E-state index >= 15 is 0 Å². The number of hydrogen-bond acceptors (Lipinski definition) is 3. The molecule has 0 unspecified atom stereocenters. The van der Waals surface area contributed by atoms with Crippen molar-refractivity contribution < 1.29 is 0 Å². The van der Waals surface area contributed by atoms with E-state index in [1.165, 1.54) is 6.33 Å². The molecule has 0 saturated heterocycles. The molecule has 4 heteroatoms. The molecule has 1 aliphatic carbocycles. The third-order valence-corrected chi connectivity index (χ3v) is 3.04. The molecule has 1 aliphatic rings. The van der Waals surface area contributed by atoms with Crippen LogP contribution in [0.25, 0.3) is 0 Å². The molecule has 1 aromatic heterocycles. The quantitative estimate of drug-likeness (QED) is 0.675. The van der Waals surface area contributed by atoms with Crippen LogP contribution in [0.4, 0.5) is 0 Å². The molecule has 0 amide bonds. The molecule has 0 spiro atoms. The molecule has 66 valence electrons. The lowest BCUT2D eigenvalue weighted by molar-refractivity contribution is 0.370. The Balaban J connectivity index is 2.33. The Morgan fingerprint density at radius 3 is 2.67 bits per heavy atom. The average molecular weight is 166 g/mol. The molecule has 0 aromatic carbocycles. The van der Waals surface area contributed by atoms with E-state index in [4.69, 9.17) is 5.73 Å². The van der Waals surface area contributed by atoms with Gasteiger partial charge >= 0.3 is 0 Å². The van der Waals surface area contributed by atoms with Crippen LogP contribution in [-0.2, 0) is 5.41 Å². The maximum absolute atomic E-state index is 6.13. The van der Waals surface area contributed by atoms with E-state index in [0.29, 0.717) is 0 Å². The zero-order valence-electron chi connectivity index (χ0n) is 7.46. The summed E-state index contributed by atoms with van der Waals surface area (Å²) in [5.74, 6) is 0.891. The first kappa shape index (κ1) is 7.73. The van der Waals surface area contributed by atoms with Crippen molar-refractivity contribution in [1.82, 2.24) is 15.2 Å². The molecule has 0 atom stereocenters. The molecule has 0 bridgehead atoms. The zero-order chi connectivity index (χ0) is 8.82. The lowest BCUT2D eigenvalue weighted by Gasteiger charge is -2.28. The predicted octanol–water partition coefficient (Wildman–Crippen LogP) is 0.574. The molecular weight excluding hydrogens is 152 g/mol. The molecule has 0 aliphatic heterocycles. The molecule has 1 saturated carbocycles. The van der Waals surface area contributed by atoms with E-state index in [-0.39, 0.29) is 11.0 Å². The van der Waals surface area contributed by atoms with Crippen molar-refractivity contribution in [2.45, 2.75) is 37.6 Å². The SMILES string of the molecule is CC(C)(c1ncn[nH]1)C1(N)CC1. The standard InChI is InChI=1S/C8H14N4/c1-7(2,8(9)3-4-8)6-10-5-11-12-6/h5H,3-4,9H2,1-2H3,(H,10,11,12). The minimum absolute atomic E-state index is 0.0630. The summed E-state index contributed by atoms with van der Waals surface area (Å²) in [5, 5.41) is 6.72. The van der Waals surface area contributed by atoms with Gasteiger partial charge in [0.2, 0.25) is 0 Å². The van der Waals surface area contributed by atoms with Gasteiger partial charge in [0.05, 0.1) is 0 Å². The number of H-pyrrole nitrogens is 1. The van der Waals surface area contributed by atoms with E-state index in [9.17, 15) is 0 Å². The Kier molecular flexibility index (Phi) is 1.33. The third-order valence-electron chi connectivity index (χ3n) is 3.04. The van der Waals surface area contributed by atoms with Gasteiger partial charge in [-0.3, -0.25) is 5.10 Å².